The van der Waals surface area contributed by atoms with E-state index in [1.54, 1.807) is 5.57 Å². The summed E-state index contributed by atoms with van der Waals surface area (Å²) in [5, 5.41) is 0. The van der Waals surface area contributed by atoms with Gasteiger partial charge in [0.15, 0.2) is 0 Å². The van der Waals surface area contributed by atoms with Crippen molar-refractivity contribution in [2.75, 3.05) is 0 Å². The van der Waals surface area contributed by atoms with E-state index in [1.807, 2.05) is 11.6 Å². The van der Waals surface area contributed by atoms with Gasteiger partial charge in [-0.05, 0) is 81.0 Å². The van der Waals surface area contributed by atoms with E-state index >= 15 is 0 Å². The van der Waals surface area contributed by atoms with E-state index in [9.17, 15) is 0 Å². The molecular weight excluding hydrogens is 360 g/mol. The molecule has 172 valence electrons. The summed E-state index contributed by atoms with van der Waals surface area (Å²) in [6, 6.07) is 0. The molecule has 30 heavy (non-hydrogen) atoms. The van der Waals surface area contributed by atoms with Crippen LogP contribution in [0.3, 0.4) is 0 Å². The summed E-state index contributed by atoms with van der Waals surface area (Å²) in [4.78, 5) is 0. The molecule has 0 nitrogen and oxygen atoms in total. The average molecular weight is 413 g/mol. The van der Waals surface area contributed by atoms with Crippen LogP contribution in [0.2, 0.25) is 0 Å². The third kappa shape index (κ3) is 7.72. The lowest BCUT2D eigenvalue weighted by Crippen LogP contribution is -2.28. The van der Waals surface area contributed by atoms with Crippen molar-refractivity contribution in [3.05, 3.63) is 36.0 Å². The number of rotatable bonds is 15. The van der Waals surface area contributed by atoms with Crippen molar-refractivity contribution in [3.63, 3.8) is 0 Å². The van der Waals surface area contributed by atoms with Crippen LogP contribution in [0.25, 0.3) is 0 Å². The normalized spacial score (nSPS) is 24.6. The minimum Gasteiger partial charge on any atom is -0.0988 e. The summed E-state index contributed by atoms with van der Waals surface area (Å²) in [7, 11) is 0. The molecule has 2 aliphatic rings. The van der Waals surface area contributed by atoms with E-state index in [2.05, 4.69) is 47.8 Å². The maximum Gasteiger partial charge on any atom is -0.0177 e. The molecule has 0 aliphatic heterocycles. The predicted octanol–water partition coefficient (Wildman–Crippen LogP) is 9.92. The first kappa shape index (κ1) is 25.5. The predicted molar refractivity (Wildman–Crippen MR) is 136 cm³/mol. The Kier molecular flexibility index (Phi) is 11.0. The number of allylic oxidation sites excluding steroid dienone is 4. The second-order valence-electron chi connectivity index (χ2n) is 11.4. The zero-order chi connectivity index (χ0) is 22.1. The number of unbranched alkanes of at least 4 members (excludes halogenated alkanes) is 2. The lowest BCUT2D eigenvalue weighted by Gasteiger charge is -2.40. The van der Waals surface area contributed by atoms with Gasteiger partial charge in [-0.2, -0.15) is 0 Å². The Labute approximate surface area is 189 Å². The molecular formula is C30H52. The first-order chi connectivity index (χ1) is 14.3. The van der Waals surface area contributed by atoms with Crippen LogP contribution in [-0.2, 0) is 0 Å². The molecule has 2 rings (SSSR count). The van der Waals surface area contributed by atoms with E-state index in [4.69, 9.17) is 0 Å². The molecule has 0 aromatic carbocycles. The van der Waals surface area contributed by atoms with Gasteiger partial charge in [0.2, 0.25) is 0 Å². The molecule has 0 aromatic heterocycles. The summed E-state index contributed by atoms with van der Waals surface area (Å²) >= 11 is 0. The van der Waals surface area contributed by atoms with Gasteiger partial charge in [-0.1, -0.05) is 109 Å². The van der Waals surface area contributed by atoms with Gasteiger partial charge >= 0.3 is 0 Å². The van der Waals surface area contributed by atoms with Gasteiger partial charge in [-0.15, -0.1) is 0 Å². The fraction of sp³-hybridized carbons (Fsp3) is 0.800. The highest BCUT2D eigenvalue weighted by molar-refractivity contribution is 5.21. The molecule has 4 unspecified atom stereocenters. The lowest BCUT2D eigenvalue weighted by atomic mass is 9.66. The largest absolute Gasteiger partial charge is 0.0988 e. The second-order valence-corrected chi connectivity index (χ2v) is 11.4. The minimum absolute atomic E-state index is 0.766. The zero-order valence-corrected chi connectivity index (χ0v) is 21.1. The smallest absolute Gasteiger partial charge is 0.0177 e. The molecule has 0 heterocycles. The lowest BCUT2D eigenvalue weighted by molar-refractivity contribution is 0.187. The zero-order valence-electron chi connectivity index (χ0n) is 21.1. The summed E-state index contributed by atoms with van der Waals surface area (Å²) in [6.45, 7) is 20.4. The Bertz CT molecular complexity index is 559. The van der Waals surface area contributed by atoms with Crippen molar-refractivity contribution >= 4 is 0 Å². The fourth-order valence-electron chi connectivity index (χ4n) is 5.82. The molecule has 2 saturated carbocycles. The van der Waals surface area contributed by atoms with E-state index in [1.165, 1.54) is 82.6 Å². The van der Waals surface area contributed by atoms with Gasteiger partial charge < -0.3 is 0 Å². The Morgan fingerprint density at radius 1 is 0.967 bits per heavy atom. The van der Waals surface area contributed by atoms with Crippen molar-refractivity contribution in [3.8, 4) is 0 Å². The second kappa shape index (κ2) is 12.9. The van der Waals surface area contributed by atoms with Crippen LogP contribution in [0.1, 0.15) is 118 Å². The minimum atomic E-state index is 0.766. The van der Waals surface area contributed by atoms with Crippen LogP contribution in [0.15, 0.2) is 36.0 Å². The summed E-state index contributed by atoms with van der Waals surface area (Å²) in [5.41, 5.74) is 4.87. The summed E-state index contributed by atoms with van der Waals surface area (Å²) in [5.74, 6) is 5.21. The van der Waals surface area contributed by atoms with Gasteiger partial charge in [0.1, 0.15) is 0 Å². The topological polar surface area (TPSA) is 0 Å². The first-order valence-electron chi connectivity index (χ1n) is 13.3. The molecule has 2 fully saturated rings. The Hall–Kier alpha value is -0.780. The van der Waals surface area contributed by atoms with E-state index < -0.39 is 0 Å². The fourth-order valence-corrected chi connectivity index (χ4v) is 5.82. The van der Waals surface area contributed by atoms with Gasteiger partial charge in [-0.3, -0.25) is 0 Å². The monoisotopic (exact) mass is 412 g/mol. The third-order valence-corrected chi connectivity index (χ3v) is 8.62. The maximum atomic E-state index is 4.20. The van der Waals surface area contributed by atoms with Crippen molar-refractivity contribution in [1.29, 1.82) is 0 Å². The highest BCUT2D eigenvalue weighted by atomic mass is 14.4. The van der Waals surface area contributed by atoms with E-state index in [-0.39, 0.29) is 0 Å². The van der Waals surface area contributed by atoms with Crippen LogP contribution < -0.4 is 0 Å². The standard InChI is InChI=1S/C30H52/c1-8-23(4)17-19-28(27-15-12-16-27)21-30(26(7)29-20-18-25(29)6)24(5)14-11-9-10-13-22(2)3/h8,22,24-25,27-29H,1,4,9-21H2,2-3,5-7H3. The van der Waals surface area contributed by atoms with Crippen molar-refractivity contribution in [2.45, 2.75) is 118 Å². The highest BCUT2D eigenvalue weighted by Gasteiger charge is 2.33. The summed E-state index contributed by atoms with van der Waals surface area (Å²) in [6.07, 6.45) is 20.0. The van der Waals surface area contributed by atoms with Crippen molar-refractivity contribution < 1.29 is 0 Å². The summed E-state index contributed by atoms with van der Waals surface area (Å²) < 4.78 is 0. The molecule has 0 N–H and O–H groups in total. The van der Waals surface area contributed by atoms with Gasteiger partial charge in [0.05, 0.1) is 0 Å². The number of hydrogen-bond acceptors (Lipinski definition) is 0. The van der Waals surface area contributed by atoms with Gasteiger partial charge in [0.25, 0.3) is 0 Å². The molecule has 0 spiro atoms. The van der Waals surface area contributed by atoms with Crippen molar-refractivity contribution in [1.82, 2.24) is 0 Å². The molecule has 0 aromatic rings. The van der Waals surface area contributed by atoms with Crippen LogP contribution >= 0.6 is 0 Å². The van der Waals surface area contributed by atoms with E-state index in [0.29, 0.717) is 0 Å². The molecule has 0 saturated heterocycles. The van der Waals surface area contributed by atoms with Gasteiger partial charge in [-0.25, -0.2) is 0 Å². The molecule has 0 heteroatoms. The van der Waals surface area contributed by atoms with Gasteiger partial charge in [0, 0.05) is 0 Å². The highest BCUT2D eigenvalue weighted by Crippen LogP contribution is 2.46. The van der Waals surface area contributed by atoms with Crippen LogP contribution in [0.5, 0.6) is 0 Å². The molecule has 0 amide bonds. The maximum absolute atomic E-state index is 4.20. The van der Waals surface area contributed by atoms with Crippen LogP contribution in [-0.4, -0.2) is 0 Å². The third-order valence-electron chi connectivity index (χ3n) is 8.62. The molecule has 2 aliphatic carbocycles. The first-order valence-corrected chi connectivity index (χ1v) is 13.3. The Morgan fingerprint density at radius 2 is 1.67 bits per heavy atom. The average Bonchev–Trinajstić information content (AvgIpc) is 2.65. The Morgan fingerprint density at radius 3 is 2.17 bits per heavy atom. The molecule has 4 atom stereocenters. The van der Waals surface area contributed by atoms with Crippen LogP contribution in [0, 0.1) is 35.5 Å². The van der Waals surface area contributed by atoms with Crippen molar-refractivity contribution in [2.24, 2.45) is 35.5 Å². The quantitative estimate of drug-likeness (QED) is 0.142. The number of hydrogen-bond donors (Lipinski definition) is 0. The molecule has 0 radical (unpaired) electrons. The van der Waals surface area contributed by atoms with E-state index in [0.717, 1.165) is 41.9 Å². The molecule has 0 bridgehead atoms. The van der Waals surface area contributed by atoms with Crippen LogP contribution in [0.4, 0.5) is 0 Å². The Balaban J connectivity index is 2.04. The SMILES string of the molecule is C=CC(=C)CCC(CC(=C(C)C1CCC1C)C(C)CCCCCC(C)C)C1CCC1.